The van der Waals surface area contributed by atoms with E-state index in [0.29, 0.717) is 22.5 Å². The van der Waals surface area contributed by atoms with Crippen LogP contribution in [0.4, 0.5) is 0 Å². The molecule has 162 valence electrons. The maximum absolute atomic E-state index is 12.4. The lowest BCUT2D eigenvalue weighted by Gasteiger charge is -2.26. The van der Waals surface area contributed by atoms with Crippen LogP contribution in [0, 0.1) is 3.95 Å². The van der Waals surface area contributed by atoms with Crippen molar-refractivity contribution in [3.05, 3.63) is 33.8 Å². The Morgan fingerprint density at radius 2 is 2.07 bits per heavy atom. The van der Waals surface area contributed by atoms with Gasteiger partial charge in [0.05, 0.1) is 22.8 Å². The minimum absolute atomic E-state index is 0.0423. The van der Waals surface area contributed by atoms with Crippen LogP contribution >= 0.6 is 35.3 Å². The van der Waals surface area contributed by atoms with Crippen LogP contribution in [-0.4, -0.2) is 71.9 Å². The first-order chi connectivity index (χ1) is 14.2. The van der Waals surface area contributed by atoms with E-state index in [1.807, 2.05) is 6.26 Å². The molecule has 0 bridgehead atoms. The van der Waals surface area contributed by atoms with Gasteiger partial charge in [-0.15, -0.1) is 5.10 Å². The Bertz CT molecular complexity index is 1090. The van der Waals surface area contributed by atoms with E-state index in [4.69, 9.17) is 17.0 Å². The number of carbonyl (C=O) groups excluding carboxylic acids is 2. The Labute approximate surface area is 188 Å². The molecule has 2 heterocycles. The smallest absolute Gasteiger partial charge is 0.338 e. The monoisotopic (exact) mass is 487 g/mol. The van der Waals surface area contributed by atoms with Gasteiger partial charge in [0.15, 0.2) is 24.7 Å². The molecule has 1 aliphatic heterocycles. The maximum atomic E-state index is 12.4. The van der Waals surface area contributed by atoms with E-state index in [9.17, 15) is 18.0 Å². The third-order valence-corrected chi connectivity index (χ3v) is 8.65. The fourth-order valence-corrected chi connectivity index (χ4v) is 6.71. The molecule has 1 amide bonds. The second-order valence-corrected chi connectivity index (χ2v) is 11.5. The summed E-state index contributed by atoms with van der Waals surface area (Å²) in [7, 11) is -3.11. The van der Waals surface area contributed by atoms with E-state index in [1.54, 1.807) is 35.9 Å². The van der Waals surface area contributed by atoms with Gasteiger partial charge < -0.3 is 9.64 Å². The van der Waals surface area contributed by atoms with Crippen molar-refractivity contribution in [3.8, 4) is 5.69 Å². The molecular weight excluding hydrogens is 466 g/mol. The van der Waals surface area contributed by atoms with Crippen molar-refractivity contribution in [3.63, 3.8) is 0 Å². The molecule has 0 spiro atoms. The van der Waals surface area contributed by atoms with E-state index in [0.717, 1.165) is 10.0 Å². The van der Waals surface area contributed by atoms with Gasteiger partial charge in [0, 0.05) is 12.6 Å². The summed E-state index contributed by atoms with van der Waals surface area (Å²) < 4.78 is 31.6. The summed E-state index contributed by atoms with van der Waals surface area (Å²) in [6.07, 6.45) is 2.33. The quantitative estimate of drug-likeness (QED) is 0.334. The van der Waals surface area contributed by atoms with Crippen molar-refractivity contribution in [2.24, 2.45) is 0 Å². The van der Waals surface area contributed by atoms with Crippen LogP contribution in [0.2, 0.25) is 0 Å². The SMILES string of the molecule is CCN(C(=O)COC(=O)c1ccc(-n2nc(SC)sc2=S)cc1)C1CCS(=O)(=O)C1. The van der Waals surface area contributed by atoms with E-state index in [2.05, 4.69) is 5.10 Å². The van der Waals surface area contributed by atoms with Gasteiger partial charge in [-0.25, -0.2) is 17.9 Å². The van der Waals surface area contributed by atoms with Crippen LogP contribution in [0.25, 0.3) is 5.69 Å². The largest absolute Gasteiger partial charge is 0.452 e. The Balaban J connectivity index is 1.61. The average molecular weight is 488 g/mol. The number of carbonyl (C=O) groups is 2. The zero-order valence-electron chi connectivity index (χ0n) is 16.4. The summed E-state index contributed by atoms with van der Waals surface area (Å²) in [4.78, 5) is 26.2. The highest BCUT2D eigenvalue weighted by Crippen LogP contribution is 2.22. The lowest BCUT2D eigenvalue weighted by atomic mass is 10.2. The fourth-order valence-electron chi connectivity index (χ4n) is 3.20. The van der Waals surface area contributed by atoms with Gasteiger partial charge in [0.2, 0.25) is 0 Å². The highest BCUT2D eigenvalue weighted by molar-refractivity contribution is 8.00. The summed E-state index contributed by atoms with van der Waals surface area (Å²) >= 11 is 8.21. The first-order valence-corrected chi connectivity index (χ1v) is 13.4. The van der Waals surface area contributed by atoms with Crippen LogP contribution in [-0.2, 0) is 19.4 Å². The van der Waals surface area contributed by atoms with Gasteiger partial charge in [-0.1, -0.05) is 23.1 Å². The van der Waals surface area contributed by atoms with Crippen molar-refractivity contribution >= 4 is 57.0 Å². The van der Waals surface area contributed by atoms with E-state index >= 15 is 0 Å². The van der Waals surface area contributed by atoms with Crippen molar-refractivity contribution in [2.75, 3.05) is 30.9 Å². The molecule has 1 saturated heterocycles. The molecule has 0 saturated carbocycles. The molecule has 1 atom stereocenters. The molecule has 2 aromatic rings. The van der Waals surface area contributed by atoms with Crippen LogP contribution in [0.1, 0.15) is 23.7 Å². The third-order valence-electron chi connectivity index (χ3n) is 4.69. The Kier molecular flexibility index (Phi) is 7.32. The molecule has 12 heteroatoms. The number of thioether (sulfide) groups is 1. The maximum Gasteiger partial charge on any atom is 0.338 e. The molecular formula is C18H21N3O5S4. The summed E-state index contributed by atoms with van der Waals surface area (Å²) in [6, 6.07) is 6.23. The molecule has 1 fully saturated rings. The fraction of sp³-hybridized carbons (Fsp3) is 0.444. The van der Waals surface area contributed by atoms with Gasteiger partial charge >= 0.3 is 5.97 Å². The van der Waals surface area contributed by atoms with E-state index in [1.165, 1.54) is 28.0 Å². The van der Waals surface area contributed by atoms with Crippen molar-refractivity contribution in [2.45, 2.75) is 23.7 Å². The number of rotatable bonds is 7. The highest BCUT2D eigenvalue weighted by Gasteiger charge is 2.34. The molecule has 1 aromatic carbocycles. The number of nitrogens with zero attached hydrogens (tertiary/aromatic N) is 3. The molecule has 0 radical (unpaired) electrons. The first-order valence-electron chi connectivity index (χ1n) is 9.15. The molecule has 30 heavy (non-hydrogen) atoms. The lowest BCUT2D eigenvalue weighted by molar-refractivity contribution is -0.136. The van der Waals surface area contributed by atoms with Crippen LogP contribution < -0.4 is 0 Å². The van der Waals surface area contributed by atoms with Crippen molar-refractivity contribution in [1.82, 2.24) is 14.7 Å². The number of likely N-dealkylation sites (N-methyl/N-ethyl adjacent to an activating group) is 1. The molecule has 0 aliphatic carbocycles. The zero-order valence-corrected chi connectivity index (χ0v) is 19.7. The summed E-state index contributed by atoms with van der Waals surface area (Å²) in [6.45, 7) is 1.70. The lowest BCUT2D eigenvalue weighted by Crippen LogP contribution is -2.43. The van der Waals surface area contributed by atoms with Gasteiger partial charge in [0.25, 0.3) is 5.91 Å². The van der Waals surface area contributed by atoms with Crippen molar-refractivity contribution in [1.29, 1.82) is 0 Å². The summed E-state index contributed by atoms with van der Waals surface area (Å²) in [5.41, 5.74) is 1.02. The number of hydrogen-bond acceptors (Lipinski definition) is 9. The minimum Gasteiger partial charge on any atom is -0.452 e. The number of ether oxygens (including phenoxy) is 1. The summed E-state index contributed by atoms with van der Waals surface area (Å²) in [5, 5.41) is 4.39. The number of hydrogen-bond donors (Lipinski definition) is 0. The molecule has 0 N–H and O–H groups in total. The normalized spacial score (nSPS) is 17.6. The predicted octanol–water partition coefficient (Wildman–Crippen LogP) is 2.58. The van der Waals surface area contributed by atoms with Gasteiger partial charge in [-0.2, -0.15) is 0 Å². The third kappa shape index (κ3) is 5.29. The highest BCUT2D eigenvalue weighted by atomic mass is 32.2. The average Bonchev–Trinajstić information content (AvgIpc) is 3.28. The molecule has 1 unspecified atom stereocenters. The minimum atomic E-state index is -3.11. The molecule has 3 rings (SSSR count). The standard InChI is InChI=1S/C18H21N3O5S4/c1-3-20(14-8-9-30(24,25)11-14)15(22)10-26-16(23)12-4-6-13(7-5-12)21-18(27)29-17(19-21)28-2/h4-7,14H,3,8-11H2,1-2H3. The van der Waals surface area contributed by atoms with E-state index in [-0.39, 0.29) is 17.5 Å². The van der Waals surface area contributed by atoms with Crippen LogP contribution in [0.15, 0.2) is 28.6 Å². The molecule has 1 aliphatic rings. The second-order valence-electron chi connectivity index (χ2n) is 6.61. The number of aromatic nitrogens is 2. The van der Waals surface area contributed by atoms with Crippen molar-refractivity contribution < 1.29 is 22.7 Å². The Hall–Kier alpha value is -1.76. The van der Waals surface area contributed by atoms with Crippen LogP contribution in [0.3, 0.4) is 0 Å². The Morgan fingerprint density at radius 3 is 2.60 bits per heavy atom. The van der Waals surface area contributed by atoms with Gasteiger partial charge in [-0.05, 0) is 56.1 Å². The number of benzene rings is 1. The van der Waals surface area contributed by atoms with Crippen LogP contribution in [0.5, 0.6) is 0 Å². The van der Waals surface area contributed by atoms with Gasteiger partial charge in [-0.3, -0.25) is 4.79 Å². The molecule has 8 nitrogen and oxygen atoms in total. The predicted molar refractivity (Wildman–Crippen MR) is 119 cm³/mol. The van der Waals surface area contributed by atoms with Gasteiger partial charge in [0.1, 0.15) is 0 Å². The Morgan fingerprint density at radius 1 is 1.37 bits per heavy atom. The van der Waals surface area contributed by atoms with E-state index < -0.39 is 28.3 Å². The topological polar surface area (TPSA) is 98.6 Å². The zero-order chi connectivity index (χ0) is 21.9. The second kappa shape index (κ2) is 9.58. The number of sulfone groups is 1. The number of amides is 1. The molecule has 1 aromatic heterocycles. The summed E-state index contributed by atoms with van der Waals surface area (Å²) in [5.74, 6) is -0.992. The first kappa shape index (κ1) is 22.9. The number of esters is 1.